The van der Waals surface area contributed by atoms with Crippen LogP contribution in [-0.4, -0.2) is 80.6 Å². The van der Waals surface area contributed by atoms with Gasteiger partial charge in [-0.1, -0.05) is 190 Å². The second kappa shape index (κ2) is 46.6. The van der Waals surface area contributed by atoms with Crippen molar-refractivity contribution in [2.24, 2.45) is 0 Å². The number of ether oxygens (including phenoxy) is 3. The number of carboxylic acids is 1. The van der Waals surface area contributed by atoms with E-state index in [1.54, 1.807) is 0 Å². The lowest BCUT2D eigenvalue weighted by Crippen LogP contribution is -2.50. The Morgan fingerprint density at radius 2 is 0.844 bits per heavy atom. The van der Waals surface area contributed by atoms with E-state index in [2.05, 4.69) is 74.6 Å². The predicted octanol–water partition coefficient (Wildman–Crippen LogP) is 15.3. The molecule has 2 atom stereocenters. The molecule has 0 aromatic rings. The molecule has 0 aliphatic rings. The smallest absolute Gasteiger partial charge is 0.362 e. The highest BCUT2D eigenvalue weighted by molar-refractivity contribution is 5.72. The van der Waals surface area contributed by atoms with Gasteiger partial charge in [-0.05, 0) is 77.0 Å². The summed E-state index contributed by atoms with van der Waals surface area (Å²) in [4.78, 5) is 37.1. The number of carboxylic acid groups (broad SMARTS) is 1. The molecule has 0 rings (SSSR count). The standard InChI is InChI=1S/C56H99NO7/c1-6-8-10-12-14-16-18-20-22-24-25-26-27-28-29-31-33-35-37-39-41-43-45-47-55(59)64-52(50-62-49-48-53(56(60)61)57(3,4)5)51-63-54(58)46-44-42-40-38-36-34-32-30-23-21-19-17-15-13-11-9-7-2/h21,23,25-26,28-29,32,34,38,40,52-53H,6-20,22,24,27,30-31,33,35-37,39,41-51H2,1-5H3/p+1/b23-21+,26-25+,29-28+,34-32+,40-38+. The van der Waals surface area contributed by atoms with E-state index in [9.17, 15) is 19.5 Å². The van der Waals surface area contributed by atoms with Crippen LogP contribution in [0.1, 0.15) is 226 Å². The Morgan fingerprint density at radius 1 is 0.469 bits per heavy atom. The summed E-state index contributed by atoms with van der Waals surface area (Å²) in [5, 5.41) is 9.65. The van der Waals surface area contributed by atoms with Gasteiger partial charge in [0.2, 0.25) is 0 Å². The molecule has 0 aromatic heterocycles. The van der Waals surface area contributed by atoms with Crippen molar-refractivity contribution in [3.63, 3.8) is 0 Å². The van der Waals surface area contributed by atoms with Gasteiger partial charge >= 0.3 is 17.9 Å². The van der Waals surface area contributed by atoms with Gasteiger partial charge in [0.05, 0.1) is 34.4 Å². The zero-order chi connectivity index (χ0) is 47.0. The number of unbranched alkanes of at least 4 members (excludes halogenated alkanes) is 23. The predicted molar refractivity (Wildman–Crippen MR) is 271 cm³/mol. The van der Waals surface area contributed by atoms with Crippen molar-refractivity contribution < 1.29 is 38.2 Å². The van der Waals surface area contributed by atoms with E-state index < -0.39 is 18.1 Å². The Labute approximate surface area is 394 Å². The number of quaternary nitrogens is 1. The van der Waals surface area contributed by atoms with Crippen LogP contribution in [0.25, 0.3) is 0 Å². The Balaban J connectivity index is 4.31. The molecular weight excluding hydrogens is 799 g/mol. The third-order valence-electron chi connectivity index (χ3n) is 11.6. The fraction of sp³-hybridized carbons (Fsp3) is 0.768. The molecule has 0 amide bonds. The minimum absolute atomic E-state index is 0.0406. The highest BCUT2D eigenvalue weighted by Crippen LogP contribution is 2.14. The van der Waals surface area contributed by atoms with Crippen LogP contribution in [0.3, 0.4) is 0 Å². The number of carbonyl (C=O) groups is 3. The van der Waals surface area contributed by atoms with Crippen LogP contribution in [0.15, 0.2) is 60.8 Å². The Bertz CT molecular complexity index is 1230. The van der Waals surface area contributed by atoms with Gasteiger partial charge in [-0.15, -0.1) is 0 Å². The summed E-state index contributed by atoms with van der Waals surface area (Å²) in [5.41, 5.74) is 0. The van der Waals surface area contributed by atoms with Crippen molar-refractivity contribution >= 4 is 17.9 Å². The minimum Gasteiger partial charge on any atom is -0.477 e. The van der Waals surface area contributed by atoms with E-state index >= 15 is 0 Å². The van der Waals surface area contributed by atoms with Crippen LogP contribution in [-0.2, 0) is 28.6 Å². The maximum absolute atomic E-state index is 12.8. The van der Waals surface area contributed by atoms with Crippen LogP contribution >= 0.6 is 0 Å². The molecule has 0 fully saturated rings. The van der Waals surface area contributed by atoms with Crippen molar-refractivity contribution in [3.8, 4) is 0 Å². The number of nitrogens with zero attached hydrogens (tertiary/aromatic N) is 1. The molecular formula is C56H100NO7+. The Kier molecular flexibility index (Phi) is 44.4. The quantitative estimate of drug-likeness (QED) is 0.0281. The number of carbonyl (C=O) groups excluding carboxylic acids is 2. The van der Waals surface area contributed by atoms with Crippen LogP contribution in [0, 0.1) is 0 Å². The molecule has 0 saturated heterocycles. The minimum atomic E-state index is -0.883. The van der Waals surface area contributed by atoms with E-state index in [1.807, 2.05) is 21.1 Å². The lowest BCUT2D eigenvalue weighted by atomic mass is 10.1. The number of rotatable bonds is 47. The van der Waals surface area contributed by atoms with Gasteiger partial charge in [-0.3, -0.25) is 9.59 Å². The van der Waals surface area contributed by atoms with E-state index in [0.29, 0.717) is 19.3 Å². The van der Waals surface area contributed by atoms with Gasteiger partial charge in [0.1, 0.15) is 6.61 Å². The van der Waals surface area contributed by atoms with Gasteiger partial charge in [0.25, 0.3) is 0 Å². The van der Waals surface area contributed by atoms with Gasteiger partial charge in [0, 0.05) is 19.3 Å². The molecule has 0 aromatic carbocycles. The summed E-state index contributed by atoms with van der Waals surface area (Å²) < 4.78 is 17.3. The first-order valence-corrected chi connectivity index (χ1v) is 26.3. The molecule has 0 spiro atoms. The van der Waals surface area contributed by atoms with Crippen LogP contribution in [0.2, 0.25) is 0 Å². The molecule has 0 radical (unpaired) electrons. The molecule has 1 N–H and O–H groups in total. The molecule has 2 unspecified atom stereocenters. The SMILES string of the molecule is CCCCCCCC/C=C/C/C=C/C/C=C/CCCC(=O)OCC(COCCC(C(=O)O)[N+](C)(C)C)OC(=O)CCCCCCCCC/C=C/C/C=C/CCCCCCCCCCC. The van der Waals surface area contributed by atoms with E-state index in [0.717, 1.165) is 51.4 Å². The molecule has 370 valence electrons. The Morgan fingerprint density at radius 3 is 1.27 bits per heavy atom. The lowest BCUT2D eigenvalue weighted by Gasteiger charge is -2.31. The third-order valence-corrected chi connectivity index (χ3v) is 11.6. The van der Waals surface area contributed by atoms with Crippen LogP contribution in [0.4, 0.5) is 0 Å². The second-order valence-corrected chi connectivity index (χ2v) is 18.8. The largest absolute Gasteiger partial charge is 0.477 e. The van der Waals surface area contributed by atoms with Crippen molar-refractivity contribution in [2.75, 3.05) is 41.0 Å². The van der Waals surface area contributed by atoms with E-state index in [-0.39, 0.29) is 42.7 Å². The fourth-order valence-electron chi connectivity index (χ4n) is 7.55. The zero-order valence-corrected chi connectivity index (χ0v) is 42.2. The van der Waals surface area contributed by atoms with E-state index in [4.69, 9.17) is 14.2 Å². The fourth-order valence-corrected chi connectivity index (χ4v) is 7.55. The van der Waals surface area contributed by atoms with Crippen molar-refractivity contribution in [2.45, 2.75) is 238 Å². The summed E-state index contributed by atoms with van der Waals surface area (Å²) in [6, 6.07) is -0.626. The van der Waals surface area contributed by atoms with Crippen LogP contribution < -0.4 is 0 Å². The average molecular weight is 899 g/mol. The van der Waals surface area contributed by atoms with Gasteiger partial charge < -0.3 is 23.8 Å². The molecule has 8 nitrogen and oxygen atoms in total. The van der Waals surface area contributed by atoms with Crippen LogP contribution in [0.5, 0.6) is 0 Å². The number of hydrogen-bond donors (Lipinski definition) is 1. The first kappa shape index (κ1) is 61.0. The third kappa shape index (κ3) is 44.2. The normalized spacial score (nSPS) is 13.3. The topological polar surface area (TPSA) is 99.1 Å². The number of aliphatic carboxylic acids is 1. The number of likely N-dealkylation sites (N-methyl/N-ethyl adjacent to an activating group) is 1. The van der Waals surface area contributed by atoms with Crippen molar-refractivity contribution in [3.05, 3.63) is 60.8 Å². The second-order valence-electron chi connectivity index (χ2n) is 18.8. The maximum Gasteiger partial charge on any atom is 0.362 e. The number of hydrogen-bond acceptors (Lipinski definition) is 6. The average Bonchev–Trinajstić information content (AvgIpc) is 3.26. The summed E-state index contributed by atoms with van der Waals surface area (Å²) >= 11 is 0. The molecule has 64 heavy (non-hydrogen) atoms. The summed E-state index contributed by atoms with van der Waals surface area (Å²) in [5.74, 6) is -1.54. The van der Waals surface area contributed by atoms with Crippen molar-refractivity contribution in [1.29, 1.82) is 0 Å². The van der Waals surface area contributed by atoms with Gasteiger partial charge in [0.15, 0.2) is 12.1 Å². The number of esters is 2. The molecule has 0 bridgehead atoms. The highest BCUT2D eigenvalue weighted by atomic mass is 16.6. The van der Waals surface area contributed by atoms with Crippen molar-refractivity contribution in [1.82, 2.24) is 0 Å². The zero-order valence-electron chi connectivity index (χ0n) is 42.2. The Hall–Kier alpha value is -2.97. The summed E-state index contributed by atoms with van der Waals surface area (Å²) in [6.45, 7) is 4.68. The van der Waals surface area contributed by atoms with Gasteiger partial charge in [-0.25, -0.2) is 4.79 Å². The molecule has 8 heteroatoms. The highest BCUT2D eigenvalue weighted by Gasteiger charge is 2.31. The maximum atomic E-state index is 12.8. The summed E-state index contributed by atoms with van der Waals surface area (Å²) in [6.07, 6.45) is 58.5. The molecule has 0 aliphatic carbocycles. The lowest BCUT2D eigenvalue weighted by molar-refractivity contribution is -0.887. The van der Waals surface area contributed by atoms with Gasteiger partial charge in [-0.2, -0.15) is 0 Å². The molecule has 0 heterocycles. The first-order chi connectivity index (χ1) is 31.1. The summed E-state index contributed by atoms with van der Waals surface area (Å²) in [7, 11) is 5.52. The number of allylic oxidation sites excluding steroid dienone is 10. The molecule has 0 aliphatic heterocycles. The van der Waals surface area contributed by atoms with E-state index in [1.165, 1.54) is 135 Å². The monoisotopic (exact) mass is 899 g/mol. The first-order valence-electron chi connectivity index (χ1n) is 26.3. The molecule has 0 saturated carbocycles.